The largest absolute Gasteiger partial charge is 0.394 e. The highest BCUT2D eigenvalue weighted by atomic mass is 16.3. The summed E-state index contributed by atoms with van der Waals surface area (Å²) in [6.07, 6.45) is 1.19. The Hall–Kier alpha value is -0.610. The number of hydrogen-bond donors (Lipinski definition) is 3. The third kappa shape index (κ3) is 5.60. The Morgan fingerprint density at radius 3 is 2.62 bits per heavy atom. The van der Waals surface area contributed by atoms with E-state index >= 15 is 0 Å². The molecule has 0 aromatic carbocycles. The van der Waals surface area contributed by atoms with Crippen molar-refractivity contribution in [1.29, 1.82) is 0 Å². The van der Waals surface area contributed by atoms with E-state index < -0.39 is 0 Å². The van der Waals surface area contributed by atoms with Crippen molar-refractivity contribution >= 4 is 5.91 Å². The van der Waals surface area contributed by atoms with Gasteiger partial charge in [-0.25, -0.2) is 0 Å². The van der Waals surface area contributed by atoms with E-state index in [1.165, 1.54) is 0 Å². The van der Waals surface area contributed by atoms with Crippen molar-refractivity contribution in [2.75, 3.05) is 13.2 Å². The molecule has 0 saturated heterocycles. The van der Waals surface area contributed by atoms with Gasteiger partial charge in [-0.05, 0) is 18.9 Å². The molecule has 0 aromatic heterocycles. The standard InChI is InChI=1S/C9H20N2O2/c1-3-8(6-12)11-9(13)4-7(2)5-10/h7-8,12H,3-6,10H2,1-2H3,(H,11,13). The van der Waals surface area contributed by atoms with E-state index in [-0.39, 0.29) is 24.5 Å². The van der Waals surface area contributed by atoms with Crippen molar-refractivity contribution in [2.24, 2.45) is 11.7 Å². The number of carbonyl (C=O) groups excluding carboxylic acids is 1. The summed E-state index contributed by atoms with van der Waals surface area (Å²) in [6, 6.07) is -0.113. The molecular weight excluding hydrogens is 168 g/mol. The van der Waals surface area contributed by atoms with Crippen molar-refractivity contribution in [2.45, 2.75) is 32.7 Å². The first-order valence-corrected chi connectivity index (χ1v) is 4.74. The van der Waals surface area contributed by atoms with Gasteiger partial charge in [-0.1, -0.05) is 13.8 Å². The van der Waals surface area contributed by atoms with E-state index in [1.807, 2.05) is 13.8 Å². The van der Waals surface area contributed by atoms with Gasteiger partial charge in [0.25, 0.3) is 0 Å². The zero-order valence-electron chi connectivity index (χ0n) is 8.42. The Labute approximate surface area is 79.5 Å². The Morgan fingerprint density at radius 1 is 1.62 bits per heavy atom. The average Bonchev–Trinajstić information content (AvgIpc) is 2.13. The molecule has 1 amide bonds. The smallest absolute Gasteiger partial charge is 0.220 e. The molecule has 4 N–H and O–H groups in total. The first-order valence-electron chi connectivity index (χ1n) is 4.74. The predicted molar refractivity (Wildman–Crippen MR) is 52.1 cm³/mol. The lowest BCUT2D eigenvalue weighted by atomic mass is 10.1. The summed E-state index contributed by atoms with van der Waals surface area (Å²) >= 11 is 0. The Morgan fingerprint density at radius 2 is 2.23 bits per heavy atom. The van der Waals surface area contributed by atoms with Crippen LogP contribution in [0.4, 0.5) is 0 Å². The second-order valence-corrected chi connectivity index (χ2v) is 3.40. The minimum atomic E-state index is -0.113. The molecule has 2 unspecified atom stereocenters. The van der Waals surface area contributed by atoms with Gasteiger partial charge in [-0.3, -0.25) is 4.79 Å². The van der Waals surface area contributed by atoms with Crippen molar-refractivity contribution in [3.8, 4) is 0 Å². The van der Waals surface area contributed by atoms with Crippen LogP contribution in [0.5, 0.6) is 0 Å². The van der Waals surface area contributed by atoms with Crippen LogP contribution in [0.2, 0.25) is 0 Å². The molecule has 0 aliphatic carbocycles. The summed E-state index contributed by atoms with van der Waals surface area (Å²) < 4.78 is 0. The fourth-order valence-electron chi connectivity index (χ4n) is 0.963. The maximum Gasteiger partial charge on any atom is 0.220 e. The van der Waals surface area contributed by atoms with Crippen LogP contribution >= 0.6 is 0 Å². The minimum absolute atomic E-state index is 0.000748. The molecule has 0 heterocycles. The summed E-state index contributed by atoms with van der Waals surface area (Å²) in [6.45, 7) is 4.37. The van der Waals surface area contributed by atoms with Gasteiger partial charge in [0.2, 0.25) is 5.91 Å². The lowest BCUT2D eigenvalue weighted by Crippen LogP contribution is -2.38. The number of rotatable bonds is 6. The summed E-state index contributed by atoms with van der Waals surface area (Å²) in [5.41, 5.74) is 5.39. The molecule has 0 bridgehead atoms. The molecule has 0 rings (SSSR count). The van der Waals surface area contributed by atoms with Gasteiger partial charge in [0, 0.05) is 6.42 Å². The Bertz CT molecular complexity index is 147. The van der Waals surface area contributed by atoms with Crippen molar-refractivity contribution in [3.05, 3.63) is 0 Å². The molecule has 0 aliphatic heterocycles. The van der Waals surface area contributed by atoms with Crippen LogP contribution < -0.4 is 11.1 Å². The summed E-state index contributed by atoms with van der Waals surface area (Å²) in [5, 5.41) is 11.6. The van der Waals surface area contributed by atoms with Gasteiger partial charge < -0.3 is 16.2 Å². The summed E-state index contributed by atoms with van der Waals surface area (Å²) in [5.74, 6) is 0.176. The topological polar surface area (TPSA) is 75.3 Å². The lowest BCUT2D eigenvalue weighted by molar-refractivity contribution is -0.122. The van der Waals surface area contributed by atoms with Crippen LogP contribution in [0, 0.1) is 5.92 Å². The van der Waals surface area contributed by atoms with Crippen LogP contribution in [0.3, 0.4) is 0 Å². The van der Waals surface area contributed by atoms with Gasteiger partial charge in [-0.2, -0.15) is 0 Å². The van der Waals surface area contributed by atoms with Crippen LogP contribution in [-0.4, -0.2) is 30.2 Å². The Kier molecular flexibility index (Phi) is 6.54. The second kappa shape index (κ2) is 6.86. The fraction of sp³-hybridized carbons (Fsp3) is 0.889. The summed E-state index contributed by atoms with van der Waals surface area (Å²) in [4.78, 5) is 11.3. The number of carbonyl (C=O) groups is 1. The van der Waals surface area contributed by atoms with Crippen molar-refractivity contribution < 1.29 is 9.90 Å². The molecule has 0 spiro atoms. The van der Waals surface area contributed by atoms with Crippen molar-refractivity contribution in [1.82, 2.24) is 5.32 Å². The first kappa shape index (κ1) is 12.4. The normalized spacial score (nSPS) is 15.1. The van der Waals surface area contributed by atoms with Gasteiger partial charge in [0.1, 0.15) is 0 Å². The Balaban J connectivity index is 3.72. The molecule has 4 nitrogen and oxygen atoms in total. The molecule has 78 valence electrons. The number of hydrogen-bond acceptors (Lipinski definition) is 3. The highest BCUT2D eigenvalue weighted by molar-refractivity contribution is 5.76. The van der Waals surface area contributed by atoms with Gasteiger partial charge in [-0.15, -0.1) is 0 Å². The maximum absolute atomic E-state index is 11.3. The quantitative estimate of drug-likeness (QED) is 0.543. The molecule has 0 saturated carbocycles. The zero-order chi connectivity index (χ0) is 10.3. The third-order valence-corrected chi connectivity index (χ3v) is 2.01. The molecule has 0 radical (unpaired) electrons. The molecule has 0 aliphatic rings. The highest BCUT2D eigenvalue weighted by Crippen LogP contribution is 1.99. The summed E-state index contributed by atoms with van der Waals surface area (Å²) in [7, 11) is 0. The van der Waals surface area contributed by atoms with E-state index in [0.29, 0.717) is 13.0 Å². The van der Waals surface area contributed by atoms with E-state index in [1.54, 1.807) is 0 Å². The molecular formula is C9H20N2O2. The fourth-order valence-corrected chi connectivity index (χ4v) is 0.963. The van der Waals surface area contributed by atoms with Crippen LogP contribution in [-0.2, 0) is 4.79 Å². The third-order valence-electron chi connectivity index (χ3n) is 2.01. The van der Waals surface area contributed by atoms with Crippen LogP contribution in [0.1, 0.15) is 26.7 Å². The molecule has 2 atom stereocenters. The molecule has 0 aromatic rings. The minimum Gasteiger partial charge on any atom is -0.394 e. The zero-order valence-corrected chi connectivity index (χ0v) is 8.42. The van der Waals surface area contributed by atoms with Gasteiger partial charge in [0.15, 0.2) is 0 Å². The number of aliphatic hydroxyl groups is 1. The van der Waals surface area contributed by atoms with E-state index in [4.69, 9.17) is 10.8 Å². The molecule has 4 heteroatoms. The predicted octanol–water partition coefficient (Wildman–Crippen LogP) is -0.142. The number of amides is 1. The first-order chi connectivity index (χ1) is 6.13. The monoisotopic (exact) mass is 188 g/mol. The second-order valence-electron chi connectivity index (χ2n) is 3.40. The van der Waals surface area contributed by atoms with E-state index in [2.05, 4.69) is 5.32 Å². The van der Waals surface area contributed by atoms with Gasteiger partial charge >= 0.3 is 0 Å². The average molecular weight is 188 g/mol. The van der Waals surface area contributed by atoms with E-state index in [0.717, 1.165) is 6.42 Å². The number of aliphatic hydroxyl groups excluding tert-OH is 1. The maximum atomic E-state index is 11.3. The number of nitrogens with one attached hydrogen (secondary N) is 1. The SMILES string of the molecule is CCC(CO)NC(=O)CC(C)CN. The van der Waals surface area contributed by atoms with Crippen LogP contribution in [0.15, 0.2) is 0 Å². The van der Waals surface area contributed by atoms with Crippen molar-refractivity contribution in [3.63, 3.8) is 0 Å². The highest BCUT2D eigenvalue weighted by Gasteiger charge is 2.11. The van der Waals surface area contributed by atoms with Gasteiger partial charge in [0.05, 0.1) is 12.6 Å². The van der Waals surface area contributed by atoms with E-state index in [9.17, 15) is 4.79 Å². The van der Waals surface area contributed by atoms with Crippen LogP contribution in [0.25, 0.3) is 0 Å². The lowest BCUT2D eigenvalue weighted by Gasteiger charge is -2.15. The molecule has 0 fully saturated rings. The number of nitrogens with two attached hydrogens (primary N) is 1. The molecule has 13 heavy (non-hydrogen) atoms.